The second-order valence-electron chi connectivity index (χ2n) is 8.39. The van der Waals surface area contributed by atoms with Crippen molar-refractivity contribution in [1.82, 2.24) is 30.5 Å². The van der Waals surface area contributed by atoms with Gasteiger partial charge in [-0.3, -0.25) is 19.5 Å². The molecule has 1 unspecified atom stereocenters. The number of carbonyl (C=O) groups is 2. The van der Waals surface area contributed by atoms with Crippen molar-refractivity contribution in [3.8, 4) is 10.7 Å². The average Bonchev–Trinajstić information content (AvgIpc) is 3.65. The standard InChI is InChI=1S/C27H21ClFN7O2S/c28-20-5-9-22(10-6-20)36(24(37)17-35-33-26(32-34-35)23-2-1-15-39-23)25(19-11-13-30-14-12-19)27(38)31-16-18-3-7-21(29)8-4-18/h1-15,25H,16-17H2,(H,31,38). The van der Waals surface area contributed by atoms with Crippen LogP contribution in [0.25, 0.3) is 10.7 Å². The lowest BCUT2D eigenvalue weighted by atomic mass is 10.0. The second-order valence-corrected chi connectivity index (χ2v) is 9.77. The van der Waals surface area contributed by atoms with Crippen molar-refractivity contribution in [2.75, 3.05) is 4.90 Å². The van der Waals surface area contributed by atoms with E-state index in [4.69, 9.17) is 11.6 Å². The smallest absolute Gasteiger partial charge is 0.251 e. The number of benzene rings is 2. The largest absolute Gasteiger partial charge is 0.350 e. The van der Waals surface area contributed by atoms with Gasteiger partial charge in [0.15, 0.2) is 0 Å². The molecule has 0 radical (unpaired) electrons. The molecule has 0 bridgehead atoms. The second kappa shape index (κ2) is 11.9. The van der Waals surface area contributed by atoms with E-state index in [0.29, 0.717) is 27.7 Å². The first kappa shape index (κ1) is 26.1. The van der Waals surface area contributed by atoms with E-state index in [0.717, 1.165) is 4.88 Å². The SMILES string of the molecule is O=C(NCc1ccc(F)cc1)C(c1ccncc1)N(C(=O)Cn1nnc(-c2cccs2)n1)c1ccc(Cl)cc1. The molecular formula is C27H21ClFN7O2S. The van der Waals surface area contributed by atoms with Gasteiger partial charge in [-0.1, -0.05) is 29.8 Å². The first-order valence-electron chi connectivity index (χ1n) is 11.8. The van der Waals surface area contributed by atoms with E-state index in [1.165, 1.54) is 33.2 Å². The Morgan fingerprint density at radius 1 is 1.03 bits per heavy atom. The lowest BCUT2D eigenvalue weighted by molar-refractivity contribution is -0.127. The monoisotopic (exact) mass is 561 g/mol. The molecule has 0 saturated heterocycles. The average molecular weight is 562 g/mol. The normalized spacial score (nSPS) is 11.6. The summed E-state index contributed by atoms with van der Waals surface area (Å²) >= 11 is 7.57. The Balaban J connectivity index is 1.47. The molecule has 1 atom stereocenters. The Kier molecular flexibility index (Phi) is 7.99. The van der Waals surface area contributed by atoms with E-state index in [9.17, 15) is 14.0 Å². The summed E-state index contributed by atoms with van der Waals surface area (Å²) in [5, 5.41) is 17.7. The van der Waals surface area contributed by atoms with Crippen LogP contribution in [0.4, 0.5) is 10.1 Å². The summed E-state index contributed by atoms with van der Waals surface area (Å²) in [6, 6.07) is 18.4. The van der Waals surface area contributed by atoms with Crippen molar-refractivity contribution >= 4 is 40.4 Å². The number of tetrazole rings is 1. The molecule has 39 heavy (non-hydrogen) atoms. The molecule has 196 valence electrons. The Morgan fingerprint density at radius 3 is 2.46 bits per heavy atom. The van der Waals surface area contributed by atoms with Gasteiger partial charge in [0.2, 0.25) is 11.7 Å². The zero-order chi connectivity index (χ0) is 27.2. The maximum Gasteiger partial charge on any atom is 0.251 e. The molecule has 2 aromatic carbocycles. The van der Waals surface area contributed by atoms with E-state index in [2.05, 4.69) is 25.7 Å². The molecule has 5 rings (SSSR count). The molecule has 0 fully saturated rings. The van der Waals surface area contributed by atoms with Gasteiger partial charge in [-0.15, -0.1) is 21.5 Å². The Hall–Kier alpha value is -4.48. The molecule has 1 N–H and O–H groups in total. The number of amides is 2. The van der Waals surface area contributed by atoms with Crippen molar-refractivity contribution in [2.24, 2.45) is 0 Å². The minimum absolute atomic E-state index is 0.137. The molecule has 0 spiro atoms. The van der Waals surface area contributed by atoms with Crippen molar-refractivity contribution in [3.63, 3.8) is 0 Å². The van der Waals surface area contributed by atoms with Gasteiger partial charge in [-0.2, -0.15) is 4.80 Å². The number of thiophene rings is 1. The van der Waals surface area contributed by atoms with Gasteiger partial charge in [-0.25, -0.2) is 4.39 Å². The topological polar surface area (TPSA) is 106 Å². The van der Waals surface area contributed by atoms with Crippen LogP contribution < -0.4 is 10.2 Å². The maximum atomic E-state index is 13.9. The number of carbonyl (C=O) groups excluding carboxylic acids is 2. The van der Waals surface area contributed by atoms with Gasteiger partial charge in [0.25, 0.3) is 5.91 Å². The Bertz CT molecular complexity index is 1550. The van der Waals surface area contributed by atoms with Crippen LogP contribution in [0, 0.1) is 5.82 Å². The minimum atomic E-state index is -1.07. The summed E-state index contributed by atoms with van der Waals surface area (Å²) in [6.07, 6.45) is 3.10. The summed E-state index contributed by atoms with van der Waals surface area (Å²) in [6.45, 7) is -0.133. The van der Waals surface area contributed by atoms with Gasteiger partial charge < -0.3 is 5.32 Å². The van der Waals surface area contributed by atoms with Crippen molar-refractivity contribution in [2.45, 2.75) is 19.1 Å². The van der Waals surface area contributed by atoms with Crippen molar-refractivity contribution in [3.05, 3.63) is 113 Å². The van der Waals surface area contributed by atoms with Crippen LogP contribution in [-0.2, 0) is 22.7 Å². The zero-order valence-electron chi connectivity index (χ0n) is 20.3. The summed E-state index contributed by atoms with van der Waals surface area (Å²) < 4.78 is 13.3. The van der Waals surface area contributed by atoms with Gasteiger partial charge >= 0.3 is 0 Å². The summed E-state index contributed by atoms with van der Waals surface area (Å²) in [7, 11) is 0. The van der Waals surface area contributed by atoms with E-state index >= 15 is 0 Å². The molecule has 9 nitrogen and oxygen atoms in total. The molecule has 2 amide bonds. The molecule has 5 aromatic rings. The van der Waals surface area contributed by atoms with Crippen LogP contribution in [-0.4, -0.2) is 37.0 Å². The van der Waals surface area contributed by atoms with Gasteiger partial charge in [-0.05, 0) is 76.3 Å². The highest BCUT2D eigenvalue weighted by molar-refractivity contribution is 7.13. The van der Waals surface area contributed by atoms with Crippen LogP contribution in [0.15, 0.2) is 90.6 Å². The Morgan fingerprint density at radius 2 is 1.77 bits per heavy atom. The molecule has 12 heteroatoms. The number of anilines is 1. The summed E-state index contributed by atoms with van der Waals surface area (Å²) in [5.41, 5.74) is 1.69. The predicted molar refractivity (Wildman–Crippen MR) is 145 cm³/mol. The maximum absolute atomic E-state index is 13.9. The van der Waals surface area contributed by atoms with E-state index < -0.39 is 17.9 Å². The molecule has 0 aliphatic heterocycles. The van der Waals surface area contributed by atoms with Gasteiger partial charge in [0.05, 0.1) is 4.88 Å². The van der Waals surface area contributed by atoms with Crippen LogP contribution in [0.2, 0.25) is 5.02 Å². The van der Waals surface area contributed by atoms with Gasteiger partial charge in [0.1, 0.15) is 18.4 Å². The first-order chi connectivity index (χ1) is 19.0. The van der Waals surface area contributed by atoms with E-state index in [1.807, 2.05) is 17.5 Å². The molecule has 3 aromatic heterocycles. The highest BCUT2D eigenvalue weighted by Crippen LogP contribution is 2.29. The molecule has 0 aliphatic rings. The van der Waals surface area contributed by atoms with Crippen LogP contribution in [0.1, 0.15) is 17.2 Å². The third-order valence-electron chi connectivity index (χ3n) is 5.75. The highest BCUT2D eigenvalue weighted by atomic mass is 35.5. The number of rotatable bonds is 9. The van der Waals surface area contributed by atoms with Crippen LogP contribution >= 0.6 is 22.9 Å². The summed E-state index contributed by atoms with van der Waals surface area (Å²) in [4.78, 5) is 35.0. The van der Waals surface area contributed by atoms with Gasteiger partial charge in [0, 0.05) is 29.6 Å². The number of hydrogen-bond acceptors (Lipinski definition) is 7. The fraction of sp³-hybridized carbons (Fsp3) is 0.111. The van der Waals surface area contributed by atoms with Crippen LogP contribution in [0.3, 0.4) is 0 Å². The van der Waals surface area contributed by atoms with E-state index in [-0.39, 0.29) is 18.9 Å². The molecular weight excluding hydrogens is 541 g/mol. The van der Waals surface area contributed by atoms with E-state index in [1.54, 1.807) is 60.9 Å². The first-order valence-corrected chi connectivity index (χ1v) is 13.0. The third-order valence-corrected chi connectivity index (χ3v) is 6.87. The number of halogens is 2. The van der Waals surface area contributed by atoms with Crippen molar-refractivity contribution in [1.29, 1.82) is 0 Å². The molecule has 0 saturated carbocycles. The number of pyridine rings is 1. The number of nitrogens with zero attached hydrogens (tertiary/aromatic N) is 6. The van der Waals surface area contributed by atoms with Crippen molar-refractivity contribution < 1.29 is 14.0 Å². The molecule has 0 aliphatic carbocycles. The quantitative estimate of drug-likeness (QED) is 0.280. The fourth-order valence-corrected chi connectivity index (χ4v) is 4.68. The lowest BCUT2D eigenvalue weighted by Crippen LogP contribution is -2.45. The lowest BCUT2D eigenvalue weighted by Gasteiger charge is -2.31. The third kappa shape index (κ3) is 6.33. The number of aromatic nitrogens is 5. The minimum Gasteiger partial charge on any atom is -0.350 e. The fourth-order valence-electron chi connectivity index (χ4n) is 3.90. The van der Waals surface area contributed by atoms with Crippen LogP contribution in [0.5, 0.6) is 0 Å². The zero-order valence-corrected chi connectivity index (χ0v) is 21.9. The highest BCUT2D eigenvalue weighted by Gasteiger charge is 2.33. The Labute approximate surface area is 231 Å². The molecule has 3 heterocycles. The number of hydrogen-bond donors (Lipinski definition) is 1. The predicted octanol–water partition coefficient (Wildman–Crippen LogP) is 4.68. The number of nitrogens with one attached hydrogen (secondary N) is 1. The summed E-state index contributed by atoms with van der Waals surface area (Å²) in [5.74, 6) is -0.868.